The first-order valence-electron chi connectivity index (χ1n) is 7.08. The van der Waals surface area contributed by atoms with Gasteiger partial charge in [0.2, 0.25) is 0 Å². The standard InChI is InChI=1S/C16H30O4S2/c1-21(2,3,4)19-15(17)13-9-11-14(12-10-13)16(18)20-22(5,6,7)8/h9-12,21-22H,1-8H3. The molecule has 0 fully saturated rings. The average molecular weight is 351 g/mol. The van der Waals surface area contributed by atoms with Crippen LogP contribution in [0.3, 0.4) is 0 Å². The van der Waals surface area contributed by atoms with Gasteiger partial charge in [-0.3, -0.25) is 0 Å². The molecule has 0 spiro atoms. The minimum absolute atomic E-state index is 0.357. The van der Waals surface area contributed by atoms with Crippen LogP contribution in [0.5, 0.6) is 0 Å². The van der Waals surface area contributed by atoms with Crippen LogP contribution in [-0.4, -0.2) is 62.0 Å². The van der Waals surface area contributed by atoms with Gasteiger partial charge >= 0.3 is 11.9 Å². The van der Waals surface area contributed by atoms with E-state index in [1.54, 1.807) is 24.3 Å². The number of thiol groups is 2. The van der Waals surface area contributed by atoms with E-state index in [4.69, 9.17) is 8.37 Å². The fourth-order valence-corrected chi connectivity index (χ4v) is 3.05. The molecule has 0 aromatic heterocycles. The summed E-state index contributed by atoms with van der Waals surface area (Å²) in [6, 6.07) is 6.42. The fourth-order valence-electron chi connectivity index (χ4n) is 1.51. The van der Waals surface area contributed by atoms with E-state index >= 15 is 0 Å². The quantitative estimate of drug-likeness (QED) is 0.820. The average Bonchev–Trinajstić information content (AvgIpc) is 2.22. The van der Waals surface area contributed by atoms with Gasteiger partial charge in [0.25, 0.3) is 0 Å². The molecule has 1 rings (SSSR count). The predicted octanol–water partition coefficient (Wildman–Crippen LogP) is 3.01. The van der Waals surface area contributed by atoms with Crippen LogP contribution in [0.1, 0.15) is 20.7 Å². The molecule has 0 radical (unpaired) electrons. The smallest absolute Gasteiger partial charge is 0.346 e. The van der Waals surface area contributed by atoms with Gasteiger partial charge in [-0.2, -0.15) is 18.9 Å². The second-order valence-electron chi connectivity index (χ2n) is 9.16. The van der Waals surface area contributed by atoms with Crippen LogP contribution in [0.15, 0.2) is 24.3 Å². The van der Waals surface area contributed by atoms with Crippen LogP contribution < -0.4 is 0 Å². The van der Waals surface area contributed by atoms with E-state index in [-0.39, 0.29) is 11.9 Å². The molecule has 0 saturated carbocycles. The Morgan fingerprint density at radius 3 is 1.05 bits per heavy atom. The lowest BCUT2D eigenvalue weighted by molar-refractivity contribution is 0.0741. The second kappa shape index (κ2) is 5.20. The van der Waals surface area contributed by atoms with Gasteiger partial charge in [0.15, 0.2) is 0 Å². The number of hydrogen-bond donors (Lipinski definition) is 2. The van der Waals surface area contributed by atoms with Crippen molar-refractivity contribution in [1.29, 1.82) is 0 Å². The highest BCUT2D eigenvalue weighted by Crippen LogP contribution is 2.57. The fraction of sp³-hybridized carbons (Fsp3) is 0.500. The maximum absolute atomic E-state index is 12.1. The van der Waals surface area contributed by atoms with Crippen LogP contribution in [-0.2, 0) is 8.37 Å². The summed E-state index contributed by atoms with van der Waals surface area (Å²) in [5, 5.41) is 0. The van der Waals surface area contributed by atoms with E-state index in [1.165, 1.54) is 0 Å². The lowest BCUT2D eigenvalue weighted by Crippen LogP contribution is -2.20. The molecule has 1 aromatic carbocycles. The third-order valence-electron chi connectivity index (χ3n) is 2.25. The lowest BCUT2D eigenvalue weighted by atomic mass is 10.1. The first-order valence-corrected chi connectivity index (χ1v) is 15.0. The highest BCUT2D eigenvalue weighted by molar-refractivity contribution is 8.44. The summed E-state index contributed by atoms with van der Waals surface area (Å²) in [5.41, 5.74) is 0.882. The van der Waals surface area contributed by atoms with Crippen molar-refractivity contribution >= 4 is 30.8 Å². The van der Waals surface area contributed by atoms with E-state index in [0.29, 0.717) is 11.1 Å². The van der Waals surface area contributed by atoms with E-state index in [1.807, 2.05) is 50.0 Å². The zero-order chi connectivity index (χ0) is 17.4. The van der Waals surface area contributed by atoms with Gasteiger partial charge < -0.3 is 8.37 Å². The van der Waals surface area contributed by atoms with Crippen molar-refractivity contribution in [1.82, 2.24) is 0 Å². The molecule has 0 heterocycles. The largest absolute Gasteiger partial charge is 0.433 e. The molecule has 0 saturated heterocycles. The van der Waals surface area contributed by atoms with Crippen LogP contribution in [0.4, 0.5) is 0 Å². The molecular weight excluding hydrogens is 320 g/mol. The van der Waals surface area contributed by atoms with Crippen molar-refractivity contribution in [2.45, 2.75) is 0 Å². The molecule has 0 amide bonds. The van der Waals surface area contributed by atoms with Crippen LogP contribution in [0.2, 0.25) is 0 Å². The van der Waals surface area contributed by atoms with Gasteiger partial charge in [-0.05, 0) is 74.3 Å². The van der Waals surface area contributed by atoms with Crippen molar-refractivity contribution < 1.29 is 18.0 Å². The number of benzene rings is 1. The number of carbonyl (C=O) groups excluding carboxylic acids is 2. The van der Waals surface area contributed by atoms with Crippen LogP contribution in [0.25, 0.3) is 0 Å². The van der Waals surface area contributed by atoms with Gasteiger partial charge in [0.1, 0.15) is 0 Å². The molecule has 1 aromatic rings. The predicted molar refractivity (Wildman–Crippen MR) is 103 cm³/mol. The first kappa shape index (κ1) is 18.9. The molecule has 6 heteroatoms. The maximum atomic E-state index is 12.1. The SMILES string of the molecule is C[SH](C)(C)(C)OC(=O)c1ccc(C(=O)O[SH](C)(C)(C)C)cc1. The molecule has 0 aliphatic heterocycles. The molecule has 130 valence electrons. The summed E-state index contributed by atoms with van der Waals surface area (Å²) in [6.07, 6.45) is 15.7. The maximum Gasteiger partial charge on any atom is 0.346 e. The second-order valence-corrected chi connectivity index (χ2v) is 23.2. The Morgan fingerprint density at radius 2 is 0.864 bits per heavy atom. The van der Waals surface area contributed by atoms with E-state index in [2.05, 4.69) is 0 Å². The molecule has 0 aliphatic rings. The van der Waals surface area contributed by atoms with Crippen molar-refractivity contribution in [2.75, 3.05) is 50.0 Å². The molecule has 0 N–H and O–H groups in total. The van der Waals surface area contributed by atoms with Crippen molar-refractivity contribution in [3.8, 4) is 0 Å². The number of rotatable bonds is 4. The van der Waals surface area contributed by atoms with E-state index < -0.39 is 18.9 Å². The summed E-state index contributed by atoms with van der Waals surface area (Å²) >= 11 is 0. The van der Waals surface area contributed by atoms with Gasteiger partial charge in [-0.15, -0.1) is 0 Å². The molecule has 0 atom stereocenters. The number of carbonyl (C=O) groups is 2. The first-order chi connectivity index (χ1) is 9.48. The summed E-state index contributed by atoms with van der Waals surface area (Å²) in [5.74, 6) is -0.714. The normalized spacial score (nSPS) is 15.8. The third-order valence-corrected chi connectivity index (χ3v) is 4.04. The highest BCUT2D eigenvalue weighted by atomic mass is 32.3. The Balaban J connectivity index is 2.88. The Labute approximate surface area is 134 Å². The third kappa shape index (κ3) is 7.22. The molecule has 0 aliphatic carbocycles. The summed E-state index contributed by atoms with van der Waals surface area (Å²) in [4.78, 5) is 24.3. The lowest BCUT2D eigenvalue weighted by Gasteiger charge is -2.47. The highest BCUT2D eigenvalue weighted by Gasteiger charge is 2.25. The Bertz CT molecular complexity index is 528. The van der Waals surface area contributed by atoms with E-state index in [9.17, 15) is 9.59 Å². The summed E-state index contributed by atoms with van der Waals surface area (Å²) in [7, 11) is -4.76. The minimum Gasteiger partial charge on any atom is -0.433 e. The molecule has 0 unspecified atom stereocenters. The zero-order valence-electron chi connectivity index (χ0n) is 14.8. The minimum atomic E-state index is -2.38. The summed E-state index contributed by atoms with van der Waals surface area (Å²) < 4.78 is 11.2. The molecule has 4 nitrogen and oxygen atoms in total. The van der Waals surface area contributed by atoms with Crippen molar-refractivity contribution in [2.24, 2.45) is 0 Å². The number of hydrogen-bond acceptors (Lipinski definition) is 4. The van der Waals surface area contributed by atoms with Gasteiger partial charge in [-0.25, -0.2) is 9.59 Å². The summed E-state index contributed by atoms with van der Waals surface area (Å²) in [6.45, 7) is 0. The zero-order valence-corrected chi connectivity index (χ0v) is 16.6. The monoisotopic (exact) mass is 350 g/mol. The van der Waals surface area contributed by atoms with Gasteiger partial charge in [-0.1, -0.05) is 0 Å². The molecule has 22 heavy (non-hydrogen) atoms. The van der Waals surface area contributed by atoms with Crippen LogP contribution >= 0.6 is 18.9 Å². The Hall–Kier alpha value is -1.14. The molecule has 0 bridgehead atoms. The van der Waals surface area contributed by atoms with Gasteiger partial charge in [0.05, 0.1) is 11.1 Å². The topological polar surface area (TPSA) is 52.6 Å². The van der Waals surface area contributed by atoms with E-state index in [0.717, 1.165) is 0 Å². The van der Waals surface area contributed by atoms with Crippen LogP contribution in [0, 0.1) is 0 Å². The van der Waals surface area contributed by atoms with Crippen molar-refractivity contribution in [3.63, 3.8) is 0 Å². The Morgan fingerprint density at radius 1 is 0.636 bits per heavy atom. The van der Waals surface area contributed by atoms with Crippen molar-refractivity contribution in [3.05, 3.63) is 35.4 Å². The molecular formula is C16H30O4S2. The Kier molecular flexibility index (Phi) is 4.47. The van der Waals surface area contributed by atoms with Gasteiger partial charge in [0, 0.05) is 0 Å².